The molecule has 1 heterocycles. The molecule has 0 aliphatic carbocycles. The van der Waals surface area contributed by atoms with E-state index in [0.29, 0.717) is 22.9 Å². The van der Waals surface area contributed by atoms with Crippen molar-refractivity contribution >= 4 is 33.4 Å². The average molecular weight is 394 g/mol. The van der Waals surface area contributed by atoms with Crippen molar-refractivity contribution in [3.63, 3.8) is 0 Å². The number of nitrogens with zero attached hydrogens (tertiary/aromatic N) is 1. The number of methoxy groups -OCH3 is 3. The summed E-state index contributed by atoms with van der Waals surface area (Å²) in [5, 5.41) is 2.80. The molecule has 0 aliphatic rings. The summed E-state index contributed by atoms with van der Waals surface area (Å²) < 4.78 is 16.3. The quantitative estimate of drug-likeness (QED) is 0.410. The zero-order chi connectivity index (χ0) is 19.7. The second kappa shape index (κ2) is 7.56. The van der Waals surface area contributed by atoms with Crippen molar-refractivity contribution in [3.05, 3.63) is 70.7 Å². The first-order valence-electron chi connectivity index (χ1n) is 8.89. The maximum atomic E-state index is 6.21. The molecule has 4 rings (SSSR count). The van der Waals surface area contributed by atoms with E-state index in [1.165, 1.54) is 5.56 Å². The van der Waals surface area contributed by atoms with Crippen LogP contribution in [-0.2, 0) is 6.42 Å². The highest BCUT2D eigenvalue weighted by molar-refractivity contribution is 6.31. The Hall–Kier alpha value is -2.98. The van der Waals surface area contributed by atoms with Crippen molar-refractivity contribution in [2.45, 2.75) is 6.42 Å². The molecular formula is C23H20ClNO3. The molecule has 0 N–H and O–H groups in total. The van der Waals surface area contributed by atoms with Crippen LogP contribution in [-0.4, -0.2) is 26.3 Å². The van der Waals surface area contributed by atoms with Crippen LogP contribution in [0, 0.1) is 0 Å². The number of hydrogen-bond acceptors (Lipinski definition) is 4. The lowest BCUT2D eigenvalue weighted by molar-refractivity contribution is 0.354. The van der Waals surface area contributed by atoms with Crippen LogP contribution in [0.5, 0.6) is 17.2 Å². The highest BCUT2D eigenvalue weighted by atomic mass is 35.5. The minimum Gasteiger partial charge on any atom is -0.497 e. The first-order chi connectivity index (χ1) is 13.6. The van der Waals surface area contributed by atoms with E-state index < -0.39 is 0 Å². The van der Waals surface area contributed by atoms with Crippen LogP contribution in [0.2, 0.25) is 5.02 Å². The van der Waals surface area contributed by atoms with Gasteiger partial charge in [0.15, 0.2) is 11.5 Å². The molecule has 142 valence electrons. The van der Waals surface area contributed by atoms with Gasteiger partial charge in [0.2, 0.25) is 0 Å². The molecule has 4 nitrogen and oxygen atoms in total. The summed E-state index contributed by atoms with van der Waals surface area (Å²) in [7, 11) is 4.95. The summed E-state index contributed by atoms with van der Waals surface area (Å²) in [6, 6.07) is 17.7. The molecule has 0 unspecified atom stereocenters. The van der Waals surface area contributed by atoms with Crippen LogP contribution in [0.15, 0.2) is 54.6 Å². The summed E-state index contributed by atoms with van der Waals surface area (Å²) in [4.78, 5) is 4.79. The fourth-order valence-corrected chi connectivity index (χ4v) is 3.66. The van der Waals surface area contributed by atoms with E-state index in [-0.39, 0.29) is 0 Å². The fraction of sp³-hybridized carbons (Fsp3) is 0.174. The molecule has 0 radical (unpaired) electrons. The predicted octanol–water partition coefficient (Wildman–Crippen LogP) is 5.66. The first kappa shape index (κ1) is 18.4. The standard InChI is InChI=1S/C23H20ClNO3/c1-26-16-6-8-20-19(13-16)18(17-7-5-15(24)12-21(17)25-20)10-14-4-9-22(27-2)23(11-14)28-3/h4-9,11-13H,10H2,1-3H3. The third-order valence-electron chi connectivity index (χ3n) is 4.88. The number of rotatable bonds is 5. The van der Waals surface area contributed by atoms with Crippen LogP contribution < -0.4 is 14.2 Å². The van der Waals surface area contributed by atoms with Gasteiger partial charge in [-0.25, -0.2) is 4.98 Å². The van der Waals surface area contributed by atoms with Gasteiger partial charge >= 0.3 is 0 Å². The first-order valence-corrected chi connectivity index (χ1v) is 9.27. The van der Waals surface area contributed by atoms with Crippen LogP contribution in [0.1, 0.15) is 11.1 Å². The highest BCUT2D eigenvalue weighted by Crippen LogP contribution is 2.34. The smallest absolute Gasteiger partial charge is 0.160 e. The van der Waals surface area contributed by atoms with E-state index in [1.54, 1.807) is 21.3 Å². The van der Waals surface area contributed by atoms with E-state index >= 15 is 0 Å². The molecule has 1 aromatic heterocycles. The van der Waals surface area contributed by atoms with Crippen molar-refractivity contribution in [3.8, 4) is 17.2 Å². The number of benzene rings is 3. The van der Waals surface area contributed by atoms with Crippen molar-refractivity contribution in [2.24, 2.45) is 0 Å². The maximum absolute atomic E-state index is 6.21. The van der Waals surface area contributed by atoms with Crippen molar-refractivity contribution in [2.75, 3.05) is 21.3 Å². The van der Waals surface area contributed by atoms with Gasteiger partial charge in [-0.3, -0.25) is 0 Å². The largest absolute Gasteiger partial charge is 0.497 e. The van der Waals surface area contributed by atoms with Crippen molar-refractivity contribution in [1.29, 1.82) is 0 Å². The molecule has 4 aromatic rings. The van der Waals surface area contributed by atoms with E-state index in [9.17, 15) is 0 Å². The van der Waals surface area contributed by atoms with E-state index in [0.717, 1.165) is 33.1 Å². The Morgan fingerprint density at radius 1 is 0.750 bits per heavy atom. The summed E-state index contributed by atoms with van der Waals surface area (Å²) in [5.41, 5.74) is 4.07. The molecule has 0 fully saturated rings. The number of pyridine rings is 1. The summed E-state index contributed by atoms with van der Waals surface area (Å²) in [6.45, 7) is 0. The molecular weight excluding hydrogens is 374 g/mol. The molecule has 28 heavy (non-hydrogen) atoms. The number of aromatic nitrogens is 1. The van der Waals surface area contributed by atoms with Gasteiger partial charge < -0.3 is 14.2 Å². The molecule has 3 aromatic carbocycles. The Bertz CT molecular complexity index is 1170. The van der Waals surface area contributed by atoms with Gasteiger partial charge in [-0.2, -0.15) is 0 Å². The molecule has 0 saturated carbocycles. The Labute approximate surface area is 168 Å². The average Bonchev–Trinajstić information content (AvgIpc) is 2.72. The lowest BCUT2D eigenvalue weighted by Gasteiger charge is -2.14. The lowest BCUT2D eigenvalue weighted by atomic mass is 9.96. The number of halogens is 1. The van der Waals surface area contributed by atoms with Crippen LogP contribution in [0.4, 0.5) is 0 Å². The van der Waals surface area contributed by atoms with E-state index in [1.807, 2.05) is 48.5 Å². The monoisotopic (exact) mass is 393 g/mol. The molecule has 0 saturated heterocycles. The van der Waals surface area contributed by atoms with Crippen LogP contribution in [0.3, 0.4) is 0 Å². The van der Waals surface area contributed by atoms with Gasteiger partial charge in [0, 0.05) is 15.8 Å². The summed E-state index contributed by atoms with van der Waals surface area (Å²) in [6.07, 6.45) is 0.713. The molecule has 5 heteroatoms. The zero-order valence-corrected chi connectivity index (χ0v) is 16.7. The Morgan fingerprint density at radius 2 is 1.57 bits per heavy atom. The molecule has 0 aliphatic heterocycles. The molecule has 0 spiro atoms. The predicted molar refractivity (Wildman–Crippen MR) is 113 cm³/mol. The summed E-state index contributed by atoms with van der Waals surface area (Å²) in [5.74, 6) is 2.23. The normalized spacial score (nSPS) is 11.0. The van der Waals surface area contributed by atoms with Gasteiger partial charge in [0.1, 0.15) is 5.75 Å². The van der Waals surface area contributed by atoms with E-state index in [2.05, 4.69) is 6.07 Å². The van der Waals surface area contributed by atoms with Gasteiger partial charge in [0.25, 0.3) is 0 Å². The topological polar surface area (TPSA) is 40.6 Å². The van der Waals surface area contributed by atoms with Gasteiger partial charge in [-0.05, 0) is 60.0 Å². The lowest BCUT2D eigenvalue weighted by Crippen LogP contribution is -1.97. The SMILES string of the molecule is COc1ccc2nc3cc(Cl)ccc3c(Cc3ccc(OC)c(OC)c3)c2c1. The molecule has 0 amide bonds. The minimum atomic E-state index is 0.671. The Kier molecular flexibility index (Phi) is 4.97. The van der Waals surface area contributed by atoms with Crippen molar-refractivity contribution < 1.29 is 14.2 Å². The third kappa shape index (κ3) is 3.32. The van der Waals surface area contributed by atoms with Gasteiger partial charge in [-0.1, -0.05) is 23.7 Å². The number of ether oxygens (including phenoxy) is 3. The summed E-state index contributed by atoms with van der Waals surface area (Å²) >= 11 is 6.21. The Balaban J connectivity index is 1.94. The zero-order valence-electron chi connectivity index (χ0n) is 16.0. The van der Waals surface area contributed by atoms with E-state index in [4.69, 9.17) is 30.8 Å². The number of fused-ring (bicyclic) bond motifs is 2. The second-order valence-electron chi connectivity index (χ2n) is 6.50. The van der Waals surface area contributed by atoms with Crippen molar-refractivity contribution in [1.82, 2.24) is 4.98 Å². The number of hydrogen-bond donors (Lipinski definition) is 0. The van der Waals surface area contributed by atoms with Gasteiger partial charge in [0.05, 0.1) is 32.4 Å². The highest BCUT2D eigenvalue weighted by Gasteiger charge is 2.13. The van der Waals surface area contributed by atoms with Crippen LogP contribution in [0.25, 0.3) is 21.8 Å². The molecule has 0 bridgehead atoms. The molecule has 0 atom stereocenters. The Morgan fingerprint density at radius 3 is 2.32 bits per heavy atom. The van der Waals surface area contributed by atoms with Crippen LogP contribution >= 0.6 is 11.6 Å². The second-order valence-corrected chi connectivity index (χ2v) is 6.94. The fourth-order valence-electron chi connectivity index (χ4n) is 3.49. The minimum absolute atomic E-state index is 0.671. The maximum Gasteiger partial charge on any atom is 0.160 e. The third-order valence-corrected chi connectivity index (χ3v) is 5.12. The van der Waals surface area contributed by atoms with Gasteiger partial charge in [-0.15, -0.1) is 0 Å².